The summed E-state index contributed by atoms with van der Waals surface area (Å²) in [7, 11) is 2.17. The summed E-state index contributed by atoms with van der Waals surface area (Å²) < 4.78 is 26.7. The molecule has 0 aliphatic rings. The van der Waals surface area contributed by atoms with Crippen LogP contribution in [-0.4, -0.2) is 33.9 Å². The third-order valence-electron chi connectivity index (χ3n) is 3.24. The maximum absolute atomic E-state index is 12.5. The van der Waals surface area contributed by atoms with E-state index in [1.807, 2.05) is 56.3 Å². The van der Waals surface area contributed by atoms with Crippen LogP contribution in [-0.2, 0) is 16.6 Å². The molecule has 21 heavy (non-hydrogen) atoms. The van der Waals surface area contributed by atoms with E-state index in [0.717, 1.165) is 16.1 Å². The van der Waals surface area contributed by atoms with Crippen molar-refractivity contribution in [2.24, 2.45) is 0 Å². The second kappa shape index (κ2) is 6.17. The molecule has 0 aliphatic heterocycles. The highest BCUT2D eigenvalue weighted by atomic mass is 32.2. The first-order valence-corrected chi connectivity index (χ1v) is 8.85. The first-order valence-electron chi connectivity index (χ1n) is 6.60. The van der Waals surface area contributed by atoms with E-state index in [4.69, 9.17) is 0 Å². The van der Waals surface area contributed by atoms with Crippen LogP contribution in [0.1, 0.15) is 10.4 Å². The minimum absolute atomic E-state index is 0.368. The van der Waals surface area contributed by atoms with Crippen LogP contribution in [0.5, 0.6) is 0 Å². The van der Waals surface area contributed by atoms with Crippen LogP contribution < -0.4 is 4.90 Å². The molecule has 4 nitrogen and oxygen atoms in total. The van der Waals surface area contributed by atoms with E-state index in [9.17, 15) is 8.42 Å². The smallest absolute Gasteiger partial charge is 0.252 e. The summed E-state index contributed by atoms with van der Waals surface area (Å²) in [6, 6.07) is 11.4. The van der Waals surface area contributed by atoms with Crippen molar-refractivity contribution in [2.75, 3.05) is 26.0 Å². The number of anilines is 1. The number of nitrogens with zero attached hydrogens (tertiary/aromatic N) is 2. The van der Waals surface area contributed by atoms with E-state index in [1.54, 1.807) is 13.1 Å². The van der Waals surface area contributed by atoms with Gasteiger partial charge in [0.05, 0.1) is 0 Å². The minimum atomic E-state index is -3.40. The lowest BCUT2D eigenvalue weighted by molar-refractivity contribution is 0.468. The van der Waals surface area contributed by atoms with Crippen molar-refractivity contribution < 1.29 is 8.42 Å². The number of aryl methyl sites for hydroxylation is 1. The Hall–Kier alpha value is -1.37. The Kier molecular flexibility index (Phi) is 4.70. The highest BCUT2D eigenvalue weighted by Crippen LogP contribution is 2.24. The van der Waals surface area contributed by atoms with Crippen molar-refractivity contribution in [3.8, 4) is 0 Å². The molecule has 0 amide bonds. The van der Waals surface area contributed by atoms with Crippen molar-refractivity contribution in [3.63, 3.8) is 0 Å². The molecule has 1 aromatic heterocycles. The van der Waals surface area contributed by atoms with E-state index in [-0.39, 0.29) is 0 Å². The standard InChI is InChI=1S/C15H20N2O2S2/c1-12-5-10-15(20-12)21(18,19)17(4)11-13-6-8-14(9-7-13)16(2)3/h5-10H,11H2,1-4H3. The predicted octanol–water partition coefficient (Wildman–Crippen LogP) is 2.94. The van der Waals surface area contributed by atoms with Gasteiger partial charge in [-0.3, -0.25) is 0 Å². The molecule has 1 aromatic carbocycles. The summed E-state index contributed by atoms with van der Waals surface area (Å²) >= 11 is 1.30. The molecule has 0 radical (unpaired) electrons. The summed E-state index contributed by atoms with van der Waals surface area (Å²) in [5.41, 5.74) is 2.07. The molecular formula is C15H20N2O2S2. The lowest BCUT2D eigenvalue weighted by Crippen LogP contribution is -2.25. The molecule has 2 aromatic rings. The molecule has 0 bridgehead atoms. The van der Waals surface area contributed by atoms with Gasteiger partial charge in [0, 0.05) is 38.3 Å². The van der Waals surface area contributed by atoms with Gasteiger partial charge >= 0.3 is 0 Å². The number of hydrogen-bond donors (Lipinski definition) is 0. The number of thiophene rings is 1. The number of benzene rings is 1. The first kappa shape index (κ1) is 16.0. The molecule has 2 rings (SSSR count). The fraction of sp³-hybridized carbons (Fsp3) is 0.333. The highest BCUT2D eigenvalue weighted by molar-refractivity contribution is 7.91. The molecule has 0 aliphatic carbocycles. The third kappa shape index (κ3) is 3.64. The Balaban J connectivity index is 2.15. The average molecular weight is 324 g/mol. The van der Waals surface area contributed by atoms with Crippen LogP contribution in [0, 0.1) is 6.92 Å². The molecular weight excluding hydrogens is 304 g/mol. The zero-order valence-electron chi connectivity index (χ0n) is 12.7. The average Bonchev–Trinajstić information content (AvgIpc) is 2.86. The fourth-order valence-electron chi connectivity index (χ4n) is 1.95. The minimum Gasteiger partial charge on any atom is -0.378 e. The van der Waals surface area contributed by atoms with Gasteiger partial charge in [0.2, 0.25) is 0 Å². The largest absolute Gasteiger partial charge is 0.378 e. The van der Waals surface area contributed by atoms with Gasteiger partial charge < -0.3 is 4.90 Å². The SMILES string of the molecule is Cc1ccc(S(=O)(=O)N(C)Cc2ccc(N(C)C)cc2)s1. The van der Waals surface area contributed by atoms with Crippen molar-refractivity contribution in [2.45, 2.75) is 17.7 Å². The van der Waals surface area contributed by atoms with E-state index < -0.39 is 10.0 Å². The van der Waals surface area contributed by atoms with E-state index in [2.05, 4.69) is 0 Å². The number of rotatable bonds is 5. The topological polar surface area (TPSA) is 40.6 Å². The molecule has 0 saturated carbocycles. The molecule has 0 atom stereocenters. The van der Waals surface area contributed by atoms with Crippen molar-refractivity contribution >= 4 is 27.0 Å². The van der Waals surface area contributed by atoms with E-state index >= 15 is 0 Å². The number of sulfonamides is 1. The second-order valence-corrected chi connectivity index (χ2v) is 8.75. The molecule has 114 valence electrons. The maximum atomic E-state index is 12.5. The Bertz CT molecular complexity index is 704. The molecule has 0 fully saturated rings. The highest BCUT2D eigenvalue weighted by Gasteiger charge is 2.22. The van der Waals surface area contributed by atoms with Gasteiger partial charge in [0.15, 0.2) is 0 Å². The summed E-state index contributed by atoms with van der Waals surface area (Å²) in [5, 5.41) is 0. The van der Waals surface area contributed by atoms with Crippen LogP contribution in [0.15, 0.2) is 40.6 Å². The maximum Gasteiger partial charge on any atom is 0.252 e. The Morgan fingerprint density at radius 3 is 2.10 bits per heavy atom. The summed E-state index contributed by atoms with van der Waals surface area (Å²) in [4.78, 5) is 3.01. The summed E-state index contributed by atoms with van der Waals surface area (Å²) in [6.07, 6.45) is 0. The molecule has 0 unspecified atom stereocenters. The Morgan fingerprint density at radius 1 is 1.00 bits per heavy atom. The molecule has 0 saturated heterocycles. The van der Waals surface area contributed by atoms with Crippen molar-refractivity contribution in [3.05, 3.63) is 46.8 Å². The lowest BCUT2D eigenvalue weighted by atomic mass is 10.2. The summed E-state index contributed by atoms with van der Waals surface area (Å²) in [6.45, 7) is 2.27. The van der Waals surface area contributed by atoms with Gasteiger partial charge in [-0.1, -0.05) is 12.1 Å². The van der Waals surface area contributed by atoms with Gasteiger partial charge in [-0.05, 0) is 36.8 Å². The zero-order chi connectivity index (χ0) is 15.6. The number of hydrogen-bond acceptors (Lipinski definition) is 4. The fourth-order valence-corrected chi connectivity index (χ4v) is 4.60. The van der Waals surface area contributed by atoms with Gasteiger partial charge in [0.25, 0.3) is 10.0 Å². The predicted molar refractivity (Wildman–Crippen MR) is 88.5 cm³/mol. The van der Waals surface area contributed by atoms with Gasteiger partial charge in [-0.15, -0.1) is 11.3 Å². The van der Waals surface area contributed by atoms with Crippen LogP contribution in [0.25, 0.3) is 0 Å². The van der Waals surface area contributed by atoms with Crippen LogP contribution in [0.3, 0.4) is 0 Å². The van der Waals surface area contributed by atoms with Gasteiger partial charge in [-0.2, -0.15) is 4.31 Å². The molecule has 6 heteroatoms. The Labute approximate surface area is 130 Å². The molecule has 1 heterocycles. The first-order chi connectivity index (χ1) is 9.80. The van der Waals surface area contributed by atoms with E-state index in [1.165, 1.54) is 15.6 Å². The molecule has 0 spiro atoms. The monoisotopic (exact) mass is 324 g/mol. The lowest BCUT2D eigenvalue weighted by Gasteiger charge is -2.17. The normalized spacial score (nSPS) is 11.9. The van der Waals surface area contributed by atoms with Crippen LogP contribution in [0.2, 0.25) is 0 Å². The van der Waals surface area contributed by atoms with Gasteiger partial charge in [0.1, 0.15) is 4.21 Å². The zero-order valence-corrected chi connectivity index (χ0v) is 14.3. The second-order valence-electron chi connectivity index (χ2n) is 5.19. The summed E-state index contributed by atoms with van der Waals surface area (Å²) in [5.74, 6) is 0. The molecule has 0 N–H and O–H groups in total. The third-order valence-corrected chi connectivity index (χ3v) is 6.51. The quantitative estimate of drug-likeness (QED) is 0.849. The van der Waals surface area contributed by atoms with Crippen molar-refractivity contribution in [1.82, 2.24) is 4.31 Å². The van der Waals surface area contributed by atoms with Crippen LogP contribution >= 0.6 is 11.3 Å². The van der Waals surface area contributed by atoms with Gasteiger partial charge in [-0.25, -0.2) is 8.42 Å². The Morgan fingerprint density at radius 2 is 1.62 bits per heavy atom. The van der Waals surface area contributed by atoms with E-state index in [0.29, 0.717) is 10.8 Å². The van der Waals surface area contributed by atoms with Crippen molar-refractivity contribution in [1.29, 1.82) is 0 Å². The van der Waals surface area contributed by atoms with Crippen LogP contribution in [0.4, 0.5) is 5.69 Å².